The fourth-order valence-corrected chi connectivity index (χ4v) is 6.35. The summed E-state index contributed by atoms with van der Waals surface area (Å²) in [6.45, 7) is 2.02. The van der Waals surface area contributed by atoms with Crippen molar-refractivity contribution < 1.29 is 4.42 Å². The van der Waals surface area contributed by atoms with Gasteiger partial charge in [0.25, 0.3) is 0 Å². The van der Waals surface area contributed by atoms with Crippen LogP contribution >= 0.6 is 18.5 Å². The molecule has 20 heavy (non-hydrogen) atoms. The molecule has 1 heterocycles. The van der Waals surface area contributed by atoms with Gasteiger partial charge in [-0.2, -0.15) is 0 Å². The zero-order valence-corrected chi connectivity index (χ0v) is 12.9. The number of hydrogen-bond acceptors (Lipinski definition) is 2. The summed E-state index contributed by atoms with van der Waals surface area (Å²) in [6, 6.07) is 23.5. The standard InChI is InChI=1S/C17H15OPS/c1-14-17(12-13-18-14)20-19(15-8-4-2-5-9-15)16-10-6-3-7-11-16/h2-13H,1H3. The molecule has 3 heteroatoms. The van der Waals surface area contributed by atoms with Gasteiger partial charge in [0.2, 0.25) is 0 Å². The van der Waals surface area contributed by atoms with Gasteiger partial charge in [0.05, 0.1) is 11.2 Å². The maximum Gasteiger partial charge on any atom is 0.114 e. The molecule has 100 valence electrons. The maximum atomic E-state index is 5.43. The van der Waals surface area contributed by atoms with Crippen LogP contribution in [0.3, 0.4) is 0 Å². The van der Waals surface area contributed by atoms with Crippen LogP contribution in [0.25, 0.3) is 0 Å². The van der Waals surface area contributed by atoms with Gasteiger partial charge >= 0.3 is 0 Å². The predicted octanol–water partition coefficient (Wildman–Crippen LogP) is 4.73. The molecular formula is C17H15OPS. The summed E-state index contributed by atoms with van der Waals surface area (Å²) < 4.78 is 5.43. The number of furan rings is 1. The summed E-state index contributed by atoms with van der Waals surface area (Å²) in [5.74, 6) is 0.995. The van der Waals surface area contributed by atoms with Crippen molar-refractivity contribution >= 4 is 29.1 Å². The molecule has 0 saturated carbocycles. The van der Waals surface area contributed by atoms with Crippen molar-refractivity contribution in [2.24, 2.45) is 0 Å². The fraction of sp³-hybridized carbons (Fsp3) is 0.0588. The average Bonchev–Trinajstić information content (AvgIpc) is 2.92. The van der Waals surface area contributed by atoms with E-state index in [0.717, 1.165) is 5.76 Å². The van der Waals surface area contributed by atoms with E-state index in [2.05, 4.69) is 66.7 Å². The molecule has 0 atom stereocenters. The molecule has 0 aliphatic heterocycles. The molecule has 0 radical (unpaired) electrons. The first-order chi connectivity index (χ1) is 9.84. The first-order valence-electron chi connectivity index (χ1n) is 6.47. The lowest BCUT2D eigenvalue weighted by atomic mass is 10.4. The predicted molar refractivity (Wildman–Crippen MR) is 88.4 cm³/mol. The maximum absolute atomic E-state index is 5.43. The molecule has 3 aromatic rings. The van der Waals surface area contributed by atoms with Gasteiger partial charge in [-0.15, -0.1) is 0 Å². The van der Waals surface area contributed by atoms with Crippen molar-refractivity contribution in [2.45, 2.75) is 11.8 Å². The second-order valence-corrected chi connectivity index (χ2v) is 8.28. The smallest absolute Gasteiger partial charge is 0.114 e. The van der Waals surface area contributed by atoms with E-state index in [1.807, 2.05) is 18.3 Å². The number of aryl methyl sites for hydroxylation is 1. The van der Waals surface area contributed by atoms with Crippen molar-refractivity contribution in [3.05, 3.63) is 78.8 Å². The van der Waals surface area contributed by atoms with Gasteiger partial charge in [-0.25, -0.2) is 0 Å². The SMILES string of the molecule is Cc1occc1SP(c1ccccc1)c1ccccc1. The molecule has 0 unspecified atom stereocenters. The van der Waals surface area contributed by atoms with E-state index in [4.69, 9.17) is 4.42 Å². The Labute approximate surface area is 124 Å². The van der Waals surface area contributed by atoms with Crippen molar-refractivity contribution in [3.63, 3.8) is 0 Å². The van der Waals surface area contributed by atoms with E-state index in [1.54, 1.807) is 6.26 Å². The molecular weight excluding hydrogens is 283 g/mol. The van der Waals surface area contributed by atoms with Crippen LogP contribution in [-0.4, -0.2) is 0 Å². The molecule has 1 aromatic heterocycles. The highest BCUT2D eigenvalue weighted by Crippen LogP contribution is 2.52. The topological polar surface area (TPSA) is 13.1 Å². The minimum absolute atomic E-state index is 0.461. The van der Waals surface area contributed by atoms with Crippen molar-refractivity contribution in [1.82, 2.24) is 0 Å². The minimum Gasteiger partial charge on any atom is -0.468 e. The minimum atomic E-state index is -0.461. The molecule has 0 aliphatic rings. The lowest BCUT2D eigenvalue weighted by Gasteiger charge is -2.17. The third-order valence-corrected chi connectivity index (χ3v) is 7.72. The monoisotopic (exact) mass is 298 g/mol. The molecule has 0 amide bonds. The first-order valence-corrected chi connectivity index (χ1v) is 9.23. The van der Waals surface area contributed by atoms with Gasteiger partial charge < -0.3 is 4.42 Å². The van der Waals surface area contributed by atoms with Crippen LogP contribution in [0.5, 0.6) is 0 Å². The van der Waals surface area contributed by atoms with Crippen LogP contribution in [-0.2, 0) is 0 Å². The summed E-state index contributed by atoms with van der Waals surface area (Å²) >= 11 is 1.90. The fourth-order valence-electron chi connectivity index (χ4n) is 1.95. The van der Waals surface area contributed by atoms with Crippen LogP contribution in [0.1, 0.15) is 5.76 Å². The summed E-state index contributed by atoms with van der Waals surface area (Å²) in [6.07, 6.45) is 1.77. The molecule has 2 aromatic carbocycles. The second-order valence-electron chi connectivity index (χ2n) is 4.40. The zero-order valence-electron chi connectivity index (χ0n) is 11.2. The molecule has 0 bridgehead atoms. The van der Waals surface area contributed by atoms with E-state index < -0.39 is 7.12 Å². The summed E-state index contributed by atoms with van der Waals surface area (Å²) in [4.78, 5) is 1.23. The Kier molecular flexibility index (Phi) is 4.25. The van der Waals surface area contributed by atoms with Crippen LogP contribution in [0.15, 0.2) is 82.3 Å². The summed E-state index contributed by atoms with van der Waals surface area (Å²) in [5.41, 5.74) is 0. The molecule has 0 fully saturated rings. The van der Waals surface area contributed by atoms with E-state index >= 15 is 0 Å². The quantitative estimate of drug-likeness (QED) is 0.646. The van der Waals surface area contributed by atoms with E-state index in [1.165, 1.54) is 15.5 Å². The van der Waals surface area contributed by atoms with Crippen molar-refractivity contribution in [3.8, 4) is 0 Å². The zero-order chi connectivity index (χ0) is 13.8. The normalized spacial score (nSPS) is 10.9. The lowest BCUT2D eigenvalue weighted by Crippen LogP contribution is -2.08. The molecule has 0 spiro atoms. The van der Waals surface area contributed by atoms with Gasteiger partial charge in [0.1, 0.15) is 5.76 Å². The lowest BCUT2D eigenvalue weighted by molar-refractivity contribution is 0.527. The first kappa shape index (κ1) is 13.5. The molecule has 0 aliphatic carbocycles. The third kappa shape index (κ3) is 2.98. The van der Waals surface area contributed by atoms with Crippen LogP contribution in [0.2, 0.25) is 0 Å². The van der Waals surface area contributed by atoms with Crippen LogP contribution < -0.4 is 10.6 Å². The number of benzene rings is 2. The Balaban J connectivity index is 1.98. The van der Waals surface area contributed by atoms with Gasteiger partial charge in [0.15, 0.2) is 0 Å². The Bertz CT molecular complexity index is 624. The van der Waals surface area contributed by atoms with E-state index in [0.29, 0.717) is 0 Å². The molecule has 1 nitrogen and oxygen atoms in total. The highest BCUT2D eigenvalue weighted by atomic mass is 32.7. The van der Waals surface area contributed by atoms with E-state index in [-0.39, 0.29) is 0 Å². The molecule has 0 N–H and O–H groups in total. The Morgan fingerprint density at radius 1 is 0.800 bits per heavy atom. The van der Waals surface area contributed by atoms with Gasteiger partial charge in [-0.3, -0.25) is 0 Å². The van der Waals surface area contributed by atoms with Gasteiger partial charge in [-0.1, -0.05) is 72.0 Å². The highest BCUT2D eigenvalue weighted by Gasteiger charge is 2.17. The van der Waals surface area contributed by atoms with Crippen LogP contribution in [0.4, 0.5) is 0 Å². The summed E-state index contributed by atoms with van der Waals surface area (Å²) in [5, 5.41) is 2.75. The number of hydrogen-bond donors (Lipinski definition) is 0. The highest BCUT2D eigenvalue weighted by molar-refractivity contribution is 8.60. The van der Waals surface area contributed by atoms with Crippen LogP contribution in [0, 0.1) is 6.92 Å². The Hall–Kier alpha value is -1.50. The molecule has 3 rings (SSSR count). The Morgan fingerprint density at radius 3 is 1.80 bits per heavy atom. The van der Waals surface area contributed by atoms with Crippen molar-refractivity contribution in [2.75, 3.05) is 0 Å². The summed E-state index contributed by atoms with van der Waals surface area (Å²) in [7, 11) is -0.461. The average molecular weight is 298 g/mol. The van der Waals surface area contributed by atoms with E-state index in [9.17, 15) is 0 Å². The second kappa shape index (κ2) is 6.30. The third-order valence-electron chi connectivity index (χ3n) is 2.98. The number of rotatable bonds is 4. The largest absolute Gasteiger partial charge is 0.468 e. The van der Waals surface area contributed by atoms with Gasteiger partial charge in [0, 0.05) is 7.12 Å². The Morgan fingerprint density at radius 2 is 1.35 bits per heavy atom. The van der Waals surface area contributed by atoms with Crippen molar-refractivity contribution in [1.29, 1.82) is 0 Å². The molecule has 0 saturated heterocycles. The van der Waals surface area contributed by atoms with Gasteiger partial charge in [-0.05, 0) is 23.6 Å².